The molecule has 9 heteroatoms. The Morgan fingerprint density at radius 3 is 2.55 bits per heavy atom. The van der Waals surface area contributed by atoms with Crippen LogP contribution in [0.2, 0.25) is 10.0 Å². The molecule has 1 heterocycles. The highest BCUT2D eigenvalue weighted by Gasteiger charge is 2.35. The van der Waals surface area contributed by atoms with Gasteiger partial charge in [-0.15, -0.1) is 0 Å². The van der Waals surface area contributed by atoms with Gasteiger partial charge in [0.1, 0.15) is 11.9 Å². The van der Waals surface area contributed by atoms with E-state index < -0.39 is 17.9 Å². The molecule has 6 nitrogen and oxygen atoms in total. The lowest BCUT2D eigenvalue weighted by atomic mass is 9.98. The standard InChI is InChI=1S/C22H22Cl2FN3O3/c23-15-5-8-18(24)17(11-15)22(31)28-9-1-2-19(28)21(30)27-12-14(20(26)29)10-13-3-6-16(25)7-4-13/h3-8,11,14,19H,1-2,9-10,12H2,(H2,26,29)(H,27,30). The van der Waals surface area contributed by atoms with Crippen molar-refractivity contribution in [2.75, 3.05) is 13.1 Å². The van der Waals surface area contributed by atoms with E-state index in [0.717, 1.165) is 5.56 Å². The monoisotopic (exact) mass is 465 g/mol. The third kappa shape index (κ3) is 5.74. The maximum absolute atomic E-state index is 13.1. The maximum atomic E-state index is 13.1. The fourth-order valence-electron chi connectivity index (χ4n) is 3.62. The molecule has 1 aliphatic rings. The fourth-order valence-corrected chi connectivity index (χ4v) is 3.99. The Balaban J connectivity index is 1.65. The minimum atomic E-state index is -0.679. The summed E-state index contributed by atoms with van der Waals surface area (Å²) in [5, 5.41) is 3.36. The molecule has 2 unspecified atom stereocenters. The van der Waals surface area contributed by atoms with Crippen LogP contribution in [-0.2, 0) is 16.0 Å². The molecule has 0 spiro atoms. The number of primary amides is 1. The van der Waals surface area contributed by atoms with E-state index in [1.54, 1.807) is 18.2 Å². The van der Waals surface area contributed by atoms with Crippen molar-refractivity contribution in [3.8, 4) is 0 Å². The van der Waals surface area contributed by atoms with Gasteiger partial charge in [0, 0.05) is 18.1 Å². The second-order valence-electron chi connectivity index (χ2n) is 7.46. The van der Waals surface area contributed by atoms with Crippen LogP contribution >= 0.6 is 23.2 Å². The van der Waals surface area contributed by atoms with Gasteiger partial charge >= 0.3 is 0 Å². The highest BCUT2D eigenvalue weighted by molar-refractivity contribution is 6.35. The quantitative estimate of drug-likeness (QED) is 0.657. The number of halogens is 3. The summed E-state index contributed by atoms with van der Waals surface area (Å²) < 4.78 is 13.1. The van der Waals surface area contributed by atoms with Crippen molar-refractivity contribution in [1.82, 2.24) is 10.2 Å². The first-order chi connectivity index (χ1) is 14.8. The van der Waals surface area contributed by atoms with Gasteiger partial charge in [-0.05, 0) is 55.2 Å². The SMILES string of the molecule is NC(=O)C(CNC(=O)C1CCCN1C(=O)c1cc(Cl)ccc1Cl)Cc1ccc(F)cc1. The van der Waals surface area contributed by atoms with Crippen molar-refractivity contribution < 1.29 is 18.8 Å². The summed E-state index contributed by atoms with van der Waals surface area (Å²) in [5.74, 6) is -2.35. The van der Waals surface area contributed by atoms with Gasteiger partial charge in [0.15, 0.2) is 0 Å². The molecule has 2 aromatic rings. The minimum absolute atomic E-state index is 0.0159. The lowest BCUT2D eigenvalue weighted by Crippen LogP contribution is -2.48. The lowest BCUT2D eigenvalue weighted by Gasteiger charge is -2.25. The van der Waals surface area contributed by atoms with E-state index in [9.17, 15) is 18.8 Å². The summed E-state index contributed by atoms with van der Waals surface area (Å²) in [5.41, 5.74) is 6.45. The van der Waals surface area contributed by atoms with Crippen molar-refractivity contribution >= 4 is 40.9 Å². The molecular weight excluding hydrogens is 444 g/mol. The average Bonchev–Trinajstić information content (AvgIpc) is 3.23. The van der Waals surface area contributed by atoms with Gasteiger partial charge in [-0.25, -0.2) is 4.39 Å². The first-order valence-corrected chi connectivity index (χ1v) is 10.6. The number of likely N-dealkylation sites (tertiary alicyclic amines) is 1. The van der Waals surface area contributed by atoms with E-state index in [1.807, 2.05) is 0 Å². The van der Waals surface area contributed by atoms with Gasteiger partial charge in [0.25, 0.3) is 5.91 Å². The molecule has 1 aliphatic heterocycles. The Hall–Kier alpha value is -2.64. The van der Waals surface area contributed by atoms with Gasteiger partial charge in [0.2, 0.25) is 11.8 Å². The van der Waals surface area contributed by atoms with Gasteiger partial charge in [-0.1, -0.05) is 35.3 Å². The second-order valence-corrected chi connectivity index (χ2v) is 8.30. The molecule has 31 heavy (non-hydrogen) atoms. The van der Waals surface area contributed by atoms with Crippen molar-refractivity contribution in [2.45, 2.75) is 25.3 Å². The average molecular weight is 466 g/mol. The van der Waals surface area contributed by atoms with Crippen LogP contribution in [0.15, 0.2) is 42.5 Å². The number of nitrogens with one attached hydrogen (secondary N) is 1. The Labute approximate surface area is 189 Å². The summed E-state index contributed by atoms with van der Waals surface area (Å²) in [6, 6.07) is 9.66. The first kappa shape index (κ1) is 23.0. The number of benzene rings is 2. The number of rotatable bonds is 7. The molecule has 0 radical (unpaired) electrons. The van der Waals surface area contributed by atoms with E-state index >= 15 is 0 Å². The van der Waals surface area contributed by atoms with E-state index in [0.29, 0.717) is 24.4 Å². The number of amides is 3. The second kappa shape index (κ2) is 10.1. The van der Waals surface area contributed by atoms with Gasteiger partial charge < -0.3 is 16.0 Å². The molecular formula is C22H22Cl2FN3O3. The van der Waals surface area contributed by atoms with Crippen LogP contribution in [0.4, 0.5) is 4.39 Å². The molecule has 2 aromatic carbocycles. The maximum Gasteiger partial charge on any atom is 0.256 e. The van der Waals surface area contributed by atoms with Crippen LogP contribution in [0, 0.1) is 11.7 Å². The van der Waals surface area contributed by atoms with Crippen LogP contribution in [0.5, 0.6) is 0 Å². The van der Waals surface area contributed by atoms with Crippen LogP contribution in [0.25, 0.3) is 0 Å². The molecule has 1 fully saturated rings. The van der Waals surface area contributed by atoms with E-state index in [-0.39, 0.29) is 41.2 Å². The van der Waals surface area contributed by atoms with Crippen molar-refractivity contribution in [3.05, 3.63) is 69.5 Å². The normalized spacial score (nSPS) is 16.7. The van der Waals surface area contributed by atoms with Crippen LogP contribution < -0.4 is 11.1 Å². The number of hydrogen-bond acceptors (Lipinski definition) is 3. The van der Waals surface area contributed by atoms with Crippen LogP contribution in [-0.4, -0.2) is 41.8 Å². The predicted octanol–water partition coefficient (Wildman–Crippen LogP) is 3.20. The Morgan fingerprint density at radius 1 is 1.16 bits per heavy atom. The molecule has 3 amide bonds. The zero-order valence-corrected chi connectivity index (χ0v) is 18.1. The summed E-state index contributed by atoms with van der Waals surface area (Å²) >= 11 is 12.1. The summed E-state index contributed by atoms with van der Waals surface area (Å²) in [6.45, 7) is 0.427. The van der Waals surface area contributed by atoms with Crippen molar-refractivity contribution in [1.29, 1.82) is 0 Å². The van der Waals surface area contributed by atoms with Gasteiger partial charge in [0.05, 0.1) is 16.5 Å². The van der Waals surface area contributed by atoms with Crippen molar-refractivity contribution in [3.63, 3.8) is 0 Å². The molecule has 0 aliphatic carbocycles. The van der Waals surface area contributed by atoms with Crippen molar-refractivity contribution in [2.24, 2.45) is 11.7 Å². The predicted molar refractivity (Wildman–Crippen MR) is 116 cm³/mol. The number of carbonyl (C=O) groups excluding carboxylic acids is 3. The smallest absolute Gasteiger partial charge is 0.256 e. The molecule has 0 saturated carbocycles. The summed E-state index contributed by atoms with van der Waals surface area (Å²) in [4.78, 5) is 39.1. The Bertz CT molecular complexity index is 984. The largest absolute Gasteiger partial charge is 0.369 e. The topological polar surface area (TPSA) is 92.5 Å². The zero-order chi connectivity index (χ0) is 22.5. The van der Waals surface area contributed by atoms with Gasteiger partial charge in [-0.2, -0.15) is 0 Å². The molecule has 2 atom stereocenters. The number of hydrogen-bond donors (Lipinski definition) is 2. The van der Waals surface area contributed by atoms with E-state index in [4.69, 9.17) is 28.9 Å². The lowest BCUT2D eigenvalue weighted by molar-refractivity contribution is -0.126. The fraction of sp³-hybridized carbons (Fsp3) is 0.318. The zero-order valence-electron chi connectivity index (χ0n) is 16.6. The number of nitrogens with two attached hydrogens (primary N) is 1. The molecule has 0 bridgehead atoms. The molecule has 1 saturated heterocycles. The third-order valence-electron chi connectivity index (χ3n) is 5.30. The number of carbonyl (C=O) groups is 3. The molecule has 3 rings (SSSR count). The highest BCUT2D eigenvalue weighted by Crippen LogP contribution is 2.26. The summed E-state index contributed by atoms with van der Waals surface area (Å²) in [6.07, 6.45) is 1.42. The van der Waals surface area contributed by atoms with Crippen LogP contribution in [0.3, 0.4) is 0 Å². The highest BCUT2D eigenvalue weighted by atomic mass is 35.5. The molecule has 0 aromatic heterocycles. The molecule has 3 N–H and O–H groups in total. The third-order valence-corrected chi connectivity index (χ3v) is 5.86. The van der Waals surface area contributed by atoms with E-state index in [2.05, 4.69) is 5.32 Å². The van der Waals surface area contributed by atoms with E-state index in [1.165, 1.54) is 29.2 Å². The Morgan fingerprint density at radius 2 is 1.87 bits per heavy atom. The number of nitrogens with zero attached hydrogens (tertiary/aromatic N) is 1. The minimum Gasteiger partial charge on any atom is -0.369 e. The summed E-state index contributed by atoms with van der Waals surface area (Å²) in [7, 11) is 0. The van der Waals surface area contributed by atoms with Gasteiger partial charge in [-0.3, -0.25) is 14.4 Å². The first-order valence-electron chi connectivity index (χ1n) is 9.83. The van der Waals surface area contributed by atoms with Crippen LogP contribution in [0.1, 0.15) is 28.8 Å². The Kier molecular flexibility index (Phi) is 7.51. The molecule has 164 valence electrons.